The molecule has 3 aromatic carbocycles. The van der Waals surface area contributed by atoms with Crippen molar-refractivity contribution in [2.24, 2.45) is 10.5 Å². The van der Waals surface area contributed by atoms with E-state index >= 15 is 0 Å². The van der Waals surface area contributed by atoms with Gasteiger partial charge in [-0.25, -0.2) is 10.2 Å². The Kier molecular flexibility index (Phi) is 9.27. The van der Waals surface area contributed by atoms with Gasteiger partial charge in [-0.15, -0.1) is 0 Å². The molecule has 0 unspecified atom stereocenters. The lowest BCUT2D eigenvalue weighted by atomic mass is 9.95. The Balaban J connectivity index is 1.69. The molecule has 39 heavy (non-hydrogen) atoms. The third-order valence-electron chi connectivity index (χ3n) is 5.48. The van der Waals surface area contributed by atoms with Crippen LogP contribution in [-0.4, -0.2) is 45.3 Å². The summed E-state index contributed by atoms with van der Waals surface area (Å²) in [5, 5.41) is 6.80. The number of hydrogen-bond donors (Lipinski definition) is 2. The van der Waals surface area contributed by atoms with Crippen LogP contribution < -0.4 is 29.7 Å². The van der Waals surface area contributed by atoms with Crippen molar-refractivity contribution < 1.29 is 33.3 Å². The van der Waals surface area contributed by atoms with Crippen molar-refractivity contribution in [3.63, 3.8) is 0 Å². The van der Waals surface area contributed by atoms with Gasteiger partial charge in [0.1, 0.15) is 5.75 Å². The molecule has 0 heterocycles. The molecule has 0 aromatic heterocycles. The molecule has 3 aromatic rings. The Hall–Kier alpha value is -4.86. The quantitative estimate of drug-likeness (QED) is 0.177. The van der Waals surface area contributed by atoms with Crippen LogP contribution in [-0.2, 0) is 4.79 Å². The molecule has 0 saturated heterocycles. The van der Waals surface area contributed by atoms with Crippen LogP contribution in [0.4, 0.5) is 5.69 Å². The van der Waals surface area contributed by atoms with E-state index in [1.54, 1.807) is 48.5 Å². The van der Waals surface area contributed by atoms with E-state index < -0.39 is 17.3 Å². The molecule has 2 amide bonds. The van der Waals surface area contributed by atoms with Gasteiger partial charge in [-0.3, -0.25) is 9.59 Å². The molecule has 0 saturated carbocycles. The number of rotatable bonds is 9. The summed E-state index contributed by atoms with van der Waals surface area (Å²) in [4.78, 5) is 37.6. The van der Waals surface area contributed by atoms with E-state index in [0.717, 1.165) is 0 Å². The SMILES string of the molecule is COc1cc(C(=O)Oc2ccccc2C=NNC(=O)c2ccc(NC(=O)C(C)(C)C)cc2)cc(OC)c1OC. The van der Waals surface area contributed by atoms with Crippen LogP contribution in [0.5, 0.6) is 23.0 Å². The van der Waals surface area contributed by atoms with Crippen LogP contribution in [0, 0.1) is 5.41 Å². The second kappa shape index (κ2) is 12.6. The molecular formula is C29H31N3O7. The number of anilines is 1. The van der Waals surface area contributed by atoms with Crippen molar-refractivity contribution in [1.82, 2.24) is 5.43 Å². The maximum Gasteiger partial charge on any atom is 0.343 e. The van der Waals surface area contributed by atoms with Crippen molar-refractivity contribution in [1.29, 1.82) is 0 Å². The van der Waals surface area contributed by atoms with Gasteiger partial charge < -0.3 is 24.3 Å². The van der Waals surface area contributed by atoms with E-state index in [4.69, 9.17) is 18.9 Å². The van der Waals surface area contributed by atoms with E-state index in [-0.39, 0.29) is 17.2 Å². The summed E-state index contributed by atoms with van der Waals surface area (Å²) < 4.78 is 21.5. The average molecular weight is 534 g/mol. The van der Waals surface area contributed by atoms with Crippen LogP contribution in [0.1, 0.15) is 47.1 Å². The summed E-state index contributed by atoms with van der Waals surface area (Å²) in [6.07, 6.45) is 1.37. The number of hydrazone groups is 1. The lowest BCUT2D eigenvalue weighted by Gasteiger charge is -2.17. The van der Waals surface area contributed by atoms with Gasteiger partial charge in [-0.1, -0.05) is 32.9 Å². The number of carbonyl (C=O) groups excluding carboxylic acids is 3. The molecule has 2 N–H and O–H groups in total. The van der Waals surface area contributed by atoms with Crippen LogP contribution >= 0.6 is 0 Å². The number of para-hydroxylation sites is 1. The number of nitrogens with one attached hydrogen (secondary N) is 2. The van der Waals surface area contributed by atoms with Crippen LogP contribution in [0.3, 0.4) is 0 Å². The molecule has 204 valence electrons. The van der Waals surface area contributed by atoms with Crippen LogP contribution in [0.25, 0.3) is 0 Å². The van der Waals surface area contributed by atoms with Crippen LogP contribution in [0.2, 0.25) is 0 Å². The van der Waals surface area contributed by atoms with Crippen molar-refractivity contribution in [2.45, 2.75) is 20.8 Å². The molecule has 10 nitrogen and oxygen atoms in total. The number of amides is 2. The van der Waals surface area contributed by atoms with Crippen molar-refractivity contribution in [3.8, 4) is 23.0 Å². The Morgan fingerprint density at radius 2 is 1.41 bits per heavy atom. The molecule has 0 atom stereocenters. The molecule has 0 aliphatic heterocycles. The minimum absolute atomic E-state index is 0.131. The van der Waals surface area contributed by atoms with Crippen molar-refractivity contribution in [3.05, 3.63) is 77.4 Å². The van der Waals surface area contributed by atoms with Gasteiger partial charge in [-0.2, -0.15) is 5.10 Å². The Labute approximate surface area is 226 Å². The summed E-state index contributed by atoms with van der Waals surface area (Å²) in [7, 11) is 4.37. The lowest BCUT2D eigenvalue weighted by Crippen LogP contribution is -2.27. The minimum Gasteiger partial charge on any atom is -0.493 e. The first-order valence-electron chi connectivity index (χ1n) is 11.9. The largest absolute Gasteiger partial charge is 0.493 e. The molecule has 0 fully saturated rings. The highest BCUT2D eigenvalue weighted by Crippen LogP contribution is 2.38. The number of hydrogen-bond acceptors (Lipinski definition) is 8. The van der Waals surface area contributed by atoms with E-state index in [0.29, 0.717) is 34.1 Å². The molecule has 10 heteroatoms. The predicted molar refractivity (Wildman–Crippen MR) is 147 cm³/mol. The number of ether oxygens (including phenoxy) is 4. The van der Waals surface area contributed by atoms with Gasteiger partial charge in [0, 0.05) is 22.2 Å². The molecule has 0 radical (unpaired) electrons. The molecule has 0 bridgehead atoms. The van der Waals surface area contributed by atoms with Gasteiger partial charge >= 0.3 is 5.97 Å². The van der Waals surface area contributed by atoms with Gasteiger partial charge in [0.2, 0.25) is 11.7 Å². The standard InChI is InChI=1S/C29H31N3O7/c1-29(2,3)28(35)31-21-13-11-18(12-14-21)26(33)32-30-17-19-9-7-8-10-22(19)39-27(34)20-15-23(36-4)25(38-6)24(16-20)37-5/h7-17H,1-6H3,(H,31,35)(H,32,33). The first-order valence-corrected chi connectivity index (χ1v) is 11.9. The van der Waals surface area contributed by atoms with Crippen molar-refractivity contribution >= 4 is 29.7 Å². The second-order valence-electron chi connectivity index (χ2n) is 9.32. The zero-order chi connectivity index (χ0) is 28.6. The van der Waals surface area contributed by atoms with E-state index in [1.807, 2.05) is 20.8 Å². The molecule has 3 rings (SSSR count). The maximum atomic E-state index is 12.9. The number of esters is 1. The first-order chi connectivity index (χ1) is 18.6. The predicted octanol–water partition coefficient (Wildman–Crippen LogP) is 4.68. The highest BCUT2D eigenvalue weighted by atomic mass is 16.5. The fourth-order valence-corrected chi connectivity index (χ4v) is 3.29. The van der Waals surface area contributed by atoms with E-state index in [1.165, 1.54) is 39.7 Å². The number of methoxy groups -OCH3 is 3. The first kappa shape index (κ1) is 28.7. The van der Waals surface area contributed by atoms with E-state index in [9.17, 15) is 14.4 Å². The zero-order valence-corrected chi connectivity index (χ0v) is 22.7. The lowest BCUT2D eigenvalue weighted by molar-refractivity contribution is -0.123. The smallest absolute Gasteiger partial charge is 0.343 e. The summed E-state index contributed by atoms with van der Waals surface area (Å²) in [5.41, 5.74) is 3.48. The van der Waals surface area contributed by atoms with E-state index in [2.05, 4.69) is 15.8 Å². The fourth-order valence-electron chi connectivity index (χ4n) is 3.29. The molecule has 0 spiro atoms. The zero-order valence-electron chi connectivity index (χ0n) is 22.7. The molecule has 0 aliphatic carbocycles. The summed E-state index contributed by atoms with van der Waals surface area (Å²) in [5.74, 6) is -0.0344. The minimum atomic E-state index is -0.655. The normalized spacial score (nSPS) is 11.0. The Bertz CT molecular complexity index is 1350. The third kappa shape index (κ3) is 7.35. The van der Waals surface area contributed by atoms with Gasteiger partial charge in [0.25, 0.3) is 5.91 Å². The maximum absolute atomic E-state index is 12.9. The summed E-state index contributed by atoms with van der Waals surface area (Å²) in [6, 6.07) is 16.1. The average Bonchev–Trinajstić information content (AvgIpc) is 2.92. The Morgan fingerprint density at radius 1 is 0.795 bits per heavy atom. The molecule has 0 aliphatic rings. The monoisotopic (exact) mass is 533 g/mol. The van der Waals surface area contributed by atoms with Crippen molar-refractivity contribution in [2.75, 3.05) is 26.6 Å². The Morgan fingerprint density at radius 3 is 1.97 bits per heavy atom. The summed E-state index contributed by atoms with van der Waals surface area (Å²) in [6.45, 7) is 5.44. The van der Waals surface area contributed by atoms with Gasteiger partial charge in [0.15, 0.2) is 11.5 Å². The van der Waals surface area contributed by atoms with Gasteiger partial charge in [-0.05, 0) is 48.5 Å². The second-order valence-corrected chi connectivity index (χ2v) is 9.32. The van der Waals surface area contributed by atoms with Crippen LogP contribution in [0.15, 0.2) is 65.8 Å². The third-order valence-corrected chi connectivity index (χ3v) is 5.48. The number of nitrogens with zero attached hydrogens (tertiary/aromatic N) is 1. The van der Waals surface area contributed by atoms with Gasteiger partial charge in [0.05, 0.1) is 33.1 Å². The molecular weight excluding hydrogens is 502 g/mol. The highest BCUT2D eigenvalue weighted by Gasteiger charge is 2.21. The topological polar surface area (TPSA) is 125 Å². The summed E-state index contributed by atoms with van der Waals surface area (Å²) >= 11 is 0. The highest BCUT2D eigenvalue weighted by molar-refractivity contribution is 5.98. The number of carbonyl (C=O) groups is 3. The fraction of sp³-hybridized carbons (Fsp3) is 0.241. The number of benzene rings is 3.